The Hall–Kier alpha value is -2.62. The molecule has 0 unspecified atom stereocenters. The topological polar surface area (TPSA) is 52.1 Å². The summed E-state index contributed by atoms with van der Waals surface area (Å²) in [7, 11) is 0. The number of azo groups is 1. The van der Waals surface area contributed by atoms with Crippen molar-refractivity contribution >= 4 is 11.4 Å². The van der Waals surface area contributed by atoms with Crippen LogP contribution in [0.4, 0.5) is 0 Å². The van der Waals surface area contributed by atoms with E-state index in [1.54, 1.807) is 0 Å². The van der Waals surface area contributed by atoms with Gasteiger partial charge in [0, 0.05) is 0 Å². The average Bonchev–Trinajstić information content (AvgIpc) is 2.45. The third kappa shape index (κ3) is 1.47. The first-order chi connectivity index (χ1) is 8.79. The molecule has 1 heterocycles. The first-order valence-corrected chi connectivity index (χ1v) is 5.58. The summed E-state index contributed by atoms with van der Waals surface area (Å²) in [4.78, 5) is 0.745. The van der Waals surface area contributed by atoms with Gasteiger partial charge in [0.25, 0.3) is 0 Å². The number of benzene rings is 2. The van der Waals surface area contributed by atoms with Gasteiger partial charge in [0.2, 0.25) is 0 Å². The van der Waals surface area contributed by atoms with Crippen LogP contribution in [-0.4, -0.2) is 9.72 Å². The second kappa shape index (κ2) is 4.00. The SMILES string of the molecule is [O-][N+]1=[N+]([O-])C(c2ccccc2)=C1c1ccccc1. The minimum absolute atomic E-state index is 0.373. The van der Waals surface area contributed by atoms with E-state index in [1.165, 1.54) is 0 Å². The van der Waals surface area contributed by atoms with Crippen molar-refractivity contribution in [2.24, 2.45) is 0 Å². The summed E-state index contributed by atoms with van der Waals surface area (Å²) in [6.07, 6.45) is 0. The van der Waals surface area contributed by atoms with E-state index in [0.717, 1.165) is 11.1 Å². The van der Waals surface area contributed by atoms with Crippen LogP contribution in [0.5, 0.6) is 0 Å². The van der Waals surface area contributed by atoms with E-state index in [2.05, 4.69) is 0 Å². The maximum absolute atomic E-state index is 11.6. The van der Waals surface area contributed by atoms with Gasteiger partial charge >= 0.3 is 11.4 Å². The molecular formula is C14H10N2O2. The highest BCUT2D eigenvalue weighted by molar-refractivity contribution is 5.83. The lowest BCUT2D eigenvalue weighted by Crippen LogP contribution is -2.27. The van der Waals surface area contributed by atoms with Crippen molar-refractivity contribution in [3.05, 3.63) is 82.2 Å². The molecule has 18 heavy (non-hydrogen) atoms. The molecule has 0 aliphatic carbocycles. The standard InChI is InChI=1S/C14H10N2O2/c17-15-13(11-7-3-1-4-8-11)14(16(15)18)12-9-5-2-6-10-12/h1-10H. The van der Waals surface area contributed by atoms with Gasteiger partial charge in [0.15, 0.2) is 0 Å². The van der Waals surface area contributed by atoms with Gasteiger partial charge in [-0.3, -0.25) is 0 Å². The molecular weight excluding hydrogens is 228 g/mol. The van der Waals surface area contributed by atoms with Gasteiger partial charge in [-0.05, 0) is 24.3 Å². The van der Waals surface area contributed by atoms with Gasteiger partial charge in [-0.2, -0.15) is 0 Å². The monoisotopic (exact) mass is 238 g/mol. The summed E-state index contributed by atoms with van der Waals surface area (Å²) in [5.41, 5.74) is 2.32. The molecule has 3 rings (SSSR count). The van der Waals surface area contributed by atoms with Gasteiger partial charge in [0.1, 0.15) is 0 Å². The number of hydrogen-bond acceptors (Lipinski definition) is 2. The maximum Gasteiger partial charge on any atom is 0.374 e. The van der Waals surface area contributed by atoms with Crippen LogP contribution in [0.15, 0.2) is 60.7 Å². The molecule has 0 fully saturated rings. The van der Waals surface area contributed by atoms with E-state index in [-0.39, 0.29) is 0 Å². The molecule has 0 saturated carbocycles. The maximum atomic E-state index is 11.6. The van der Waals surface area contributed by atoms with Gasteiger partial charge in [0.05, 0.1) is 20.8 Å². The van der Waals surface area contributed by atoms with Crippen LogP contribution < -0.4 is 0 Å². The zero-order chi connectivity index (χ0) is 12.5. The van der Waals surface area contributed by atoms with Crippen molar-refractivity contribution in [3.8, 4) is 0 Å². The minimum atomic E-state index is 0.373. The molecule has 1 aliphatic rings. The van der Waals surface area contributed by atoms with Gasteiger partial charge in [-0.1, -0.05) is 36.4 Å². The van der Waals surface area contributed by atoms with Crippen molar-refractivity contribution in [1.82, 2.24) is 0 Å². The number of hydrogen-bond donors (Lipinski definition) is 0. The fraction of sp³-hybridized carbons (Fsp3) is 0. The molecule has 0 amide bonds. The highest BCUT2D eigenvalue weighted by atomic mass is 16.6. The van der Waals surface area contributed by atoms with E-state index in [4.69, 9.17) is 0 Å². The molecule has 0 bridgehead atoms. The van der Waals surface area contributed by atoms with Crippen LogP contribution in [0.2, 0.25) is 0 Å². The Labute approximate surface area is 104 Å². The molecule has 4 nitrogen and oxygen atoms in total. The fourth-order valence-electron chi connectivity index (χ4n) is 2.00. The summed E-state index contributed by atoms with van der Waals surface area (Å²) < 4.78 is 0. The molecule has 0 radical (unpaired) electrons. The van der Waals surface area contributed by atoms with E-state index in [9.17, 15) is 10.4 Å². The van der Waals surface area contributed by atoms with E-state index < -0.39 is 0 Å². The number of hydroxylamine groups is 2. The van der Waals surface area contributed by atoms with Crippen LogP contribution in [0.25, 0.3) is 11.4 Å². The summed E-state index contributed by atoms with van der Waals surface area (Å²) in [6.45, 7) is 0. The predicted molar refractivity (Wildman–Crippen MR) is 67.0 cm³/mol. The van der Waals surface area contributed by atoms with E-state index in [0.29, 0.717) is 21.1 Å². The lowest BCUT2D eigenvalue weighted by molar-refractivity contribution is -0.914. The smallest absolute Gasteiger partial charge is 0.374 e. The summed E-state index contributed by atoms with van der Waals surface area (Å²) >= 11 is 0. The third-order valence-corrected chi connectivity index (χ3v) is 2.87. The fourth-order valence-corrected chi connectivity index (χ4v) is 2.00. The highest BCUT2D eigenvalue weighted by Gasteiger charge is 2.43. The van der Waals surface area contributed by atoms with Crippen LogP contribution in [-0.2, 0) is 0 Å². The van der Waals surface area contributed by atoms with E-state index >= 15 is 0 Å². The first-order valence-electron chi connectivity index (χ1n) is 5.58. The molecule has 0 N–H and O–H groups in total. The first kappa shape index (κ1) is 10.5. The Bertz CT molecular complexity index is 589. The number of nitrogens with zero attached hydrogens (tertiary/aromatic N) is 2. The van der Waals surface area contributed by atoms with Crippen LogP contribution in [0.3, 0.4) is 0 Å². The van der Waals surface area contributed by atoms with Crippen molar-refractivity contribution in [3.63, 3.8) is 0 Å². The molecule has 0 aromatic heterocycles. The van der Waals surface area contributed by atoms with Gasteiger partial charge in [-0.15, -0.1) is 0 Å². The zero-order valence-electron chi connectivity index (χ0n) is 9.48. The number of rotatable bonds is 2. The summed E-state index contributed by atoms with van der Waals surface area (Å²) in [5.74, 6) is 0. The second-order valence-electron chi connectivity index (χ2n) is 3.98. The third-order valence-electron chi connectivity index (χ3n) is 2.87. The predicted octanol–water partition coefficient (Wildman–Crippen LogP) is 3.00. The van der Waals surface area contributed by atoms with Crippen molar-refractivity contribution < 1.29 is 9.72 Å². The molecule has 2 aromatic carbocycles. The molecule has 4 heteroatoms. The Morgan fingerprint density at radius 3 is 1.22 bits per heavy atom. The van der Waals surface area contributed by atoms with Crippen molar-refractivity contribution in [2.75, 3.05) is 0 Å². The molecule has 88 valence electrons. The molecule has 0 atom stereocenters. The molecule has 1 aliphatic heterocycles. The zero-order valence-corrected chi connectivity index (χ0v) is 9.48. The van der Waals surface area contributed by atoms with Crippen LogP contribution >= 0.6 is 0 Å². The normalized spacial score (nSPS) is 14.7. The average molecular weight is 238 g/mol. The lowest BCUT2D eigenvalue weighted by Gasteiger charge is -2.15. The van der Waals surface area contributed by atoms with E-state index in [1.807, 2.05) is 60.7 Å². The molecule has 0 saturated heterocycles. The molecule has 2 aromatic rings. The second-order valence-corrected chi connectivity index (χ2v) is 3.98. The summed E-state index contributed by atoms with van der Waals surface area (Å²) in [6, 6.07) is 18.4. The Kier molecular flexibility index (Phi) is 2.34. The molecule has 0 spiro atoms. The Morgan fingerprint density at radius 2 is 0.889 bits per heavy atom. The van der Waals surface area contributed by atoms with Crippen molar-refractivity contribution in [1.29, 1.82) is 0 Å². The van der Waals surface area contributed by atoms with Gasteiger partial charge in [-0.25, -0.2) is 0 Å². The minimum Gasteiger partial charge on any atom is -0.560 e. The largest absolute Gasteiger partial charge is 0.560 e. The lowest BCUT2D eigenvalue weighted by atomic mass is 10.0. The van der Waals surface area contributed by atoms with Gasteiger partial charge < -0.3 is 10.4 Å². The summed E-state index contributed by atoms with van der Waals surface area (Å²) in [5, 5.41) is 23.2. The highest BCUT2D eigenvalue weighted by Crippen LogP contribution is 2.34. The quantitative estimate of drug-likeness (QED) is 0.596. The van der Waals surface area contributed by atoms with Crippen molar-refractivity contribution in [2.45, 2.75) is 0 Å². The van der Waals surface area contributed by atoms with Crippen LogP contribution in [0.1, 0.15) is 11.1 Å². The van der Waals surface area contributed by atoms with Crippen LogP contribution in [0, 0.1) is 10.4 Å². The Morgan fingerprint density at radius 1 is 0.556 bits per heavy atom. The Balaban J connectivity index is 2.14.